The minimum Gasteiger partial charge on any atom is -0.395 e. The molecule has 0 aliphatic heterocycles. The molecule has 0 saturated heterocycles. The number of pyridine rings is 6. The highest BCUT2D eigenvalue weighted by atomic mass is 16.3. The molecule has 12 heterocycles. The number of nitrogens with one attached hydrogen (secondary N) is 6. The maximum absolute atomic E-state index is 9.66. The highest BCUT2D eigenvalue weighted by Crippen LogP contribution is 2.36. The van der Waals surface area contributed by atoms with Crippen molar-refractivity contribution < 1.29 is 15.3 Å². The third kappa shape index (κ3) is 14.9. The molecular weight excluding hydrogens is 1420 g/mol. The van der Waals surface area contributed by atoms with E-state index in [1.54, 1.807) is 19.7 Å². The van der Waals surface area contributed by atoms with E-state index < -0.39 is 6.10 Å². The van der Waals surface area contributed by atoms with Crippen LogP contribution < -0.4 is 31.9 Å². The third-order valence-corrected chi connectivity index (χ3v) is 20.2. The molecule has 12 aromatic heterocycles. The largest absolute Gasteiger partial charge is 0.395 e. The van der Waals surface area contributed by atoms with Crippen molar-refractivity contribution in [2.24, 2.45) is 21.1 Å². The van der Waals surface area contributed by atoms with Crippen LogP contribution >= 0.6 is 0 Å². The second-order valence-electron chi connectivity index (χ2n) is 27.5. The van der Waals surface area contributed by atoms with Gasteiger partial charge in [0.2, 0.25) is 0 Å². The fourth-order valence-electron chi connectivity index (χ4n) is 14.5. The normalized spacial score (nSPS) is 11.5. The van der Waals surface area contributed by atoms with Gasteiger partial charge in [-0.05, 0) is 88.7 Å². The number of fused-ring (bicyclic) bond motifs is 18. The maximum atomic E-state index is 9.66. The number of aromatic nitrogens is 18. The first-order valence-electron chi connectivity index (χ1n) is 37.3. The van der Waals surface area contributed by atoms with Crippen molar-refractivity contribution in [3.8, 4) is 0 Å². The predicted molar refractivity (Wildman–Crippen MR) is 460 cm³/mol. The predicted octanol–water partition coefficient (Wildman–Crippen LogP) is 14.3. The summed E-state index contributed by atoms with van der Waals surface area (Å²) in [7, 11) is 17.3. The molecule has 0 radical (unpaired) electrons. The van der Waals surface area contributed by atoms with E-state index in [2.05, 4.69) is 195 Å². The number of anilines is 6. The summed E-state index contributed by atoms with van der Waals surface area (Å²) in [6.45, 7) is 11.7. The molecule has 19 aromatic rings. The van der Waals surface area contributed by atoms with Gasteiger partial charge in [0.1, 0.15) is 50.6 Å². The molecule has 0 aliphatic rings. The Balaban J connectivity index is 0.000000113. The molecule has 19 rings (SSSR count). The smallest absolute Gasteiger partial charge is 0.154 e. The van der Waals surface area contributed by atoms with Gasteiger partial charge in [-0.2, -0.15) is 0 Å². The number of benzene rings is 7. The first kappa shape index (κ1) is 76.3. The quantitative estimate of drug-likeness (QED) is 0.0518. The number of hydrogen-bond acceptors (Lipinski definition) is 21. The van der Waals surface area contributed by atoms with Crippen LogP contribution in [-0.2, 0) is 40.8 Å². The van der Waals surface area contributed by atoms with Gasteiger partial charge in [0.05, 0.1) is 111 Å². The van der Waals surface area contributed by atoms with E-state index in [-0.39, 0.29) is 13.2 Å². The Kier molecular flexibility index (Phi) is 22.3. The van der Waals surface area contributed by atoms with Gasteiger partial charge in [-0.3, -0.25) is 0 Å². The van der Waals surface area contributed by atoms with Gasteiger partial charge in [0, 0.05) is 109 Å². The van der Waals surface area contributed by atoms with E-state index in [4.69, 9.17) is 20.2 Å². The Hall–Kier alpha value is -13.5. The molecule has 27 heteroatoms. The third-order valence-electron chi connectivity index (χ3n) is 20.2. The van der Waals surface area contributed by atoms with E-state index >= 15 is 0 Å². The molecule has 0 spiro atoms. The molecule has 0 amide bonds. The van der Waals surface area contributed by atoms with E-state index in [9.17, 15) is 5.11 Å². The molecule has 9 N–H and O–H groups in total. The molecular formula is C86H92N24O3. The molecule has 0 saturated carbocycles. The number of aliphatic hydroxyl groups is 3. The maximum Gasteiger partial charge on any atom is 0.154 e. The molecule has 574 valence electrons. The summed E-state index contributed by atoms with van der Waals surface area (Å²) in [4.78, 5) is 54.7. The van der Waals surface area contributed by atoms with Crippen LogP contribution in [0.3, 0.4) is 0 Å². The second kappa shape index (κ2) is 33.0. The summed E-state index contributed by atoms with van der Waals surface area (Å²) in [5.41, 5.74) is 21.3. The molecule has 1 atom stereocenters. The summed E-state index contributed by atoms with van der Waals surface area (Å²) in [6.07, 6.45) is 4.43. The van der Waals surface area contributed by atoms with Gasteiger partial charge in [0.25, 0.3) is 0 Å². The second-order valence-corrected chi connectivity index (χ2v) is 27.5. The number of rotatable bonds is 13. The van der Waals surface area contributed by atoms with Crippen LogP contribution in [0.5, 0.6) is 0 Å². The SMILES string of the molecule is CNc1nc2ccc(C)cc2c2c1nc(C)n2C.CNc1nc2ccc(C)cc2c2c1ncn2C.CNc1nc2ccccc2c2c1nc(C)n2C.CNc1nc2ccccc2c2c1nc(C)n2Cc1ccccc1.CNc1nc2ccccc2c2c1ncn2CC(O)CO.CNc1nc2ccccc2c2c1ncn2CCO. The van der Waals surface area contributed by atoms with Crippen molar-refractivity contribution in [1.82, 2.24) is 87.2 Å². The van der Waals surface area contributed by atoms with Gasteiger partial charge in [-0.15, -0.1) is 0 Å². The Morgan fingerprint density at radius 3 is 1.13 bits per heavy atom. The van der Waals surface area contributed by atoms with Gasteiger partial charge in [0.15, 0.2) is 34.9 Å². The van der Waals surface area contributed by atoms with Gasteiger partial charge in [-0.25, -0.2) is 59.8 Å². The van der Waals surface area contributed by atoms with Crippen LogP contribution in [0.1, 0.15) is 34.2 Å². The highest BCUT2D eigenvalue weighted by molar-refractivity contribution is 6.12. The van der Waals surface area contributed by atoms with Crippen LogP contribution in [-0.4, -0.2) is 164 Å². The number of imidazole rings is 6. The van der Waals surface area contributed by atoms with Crippen LogP contribution in [0.25, 0.3) is 132 Å². The Labute approximate surface area is 651 Å². The molecule has 7 aromatic carbocycles. The number of para-hydroxylation sites is 4. The zero-order chi connectivity index (χ0) is 79.3. The molecule has 0 aliphatic carbocycles. The minimum atomic E-state index is -0.808. The van der Waals surface area contributed by atoms with Crippen LogP contribution in [0.2, 0.25) is 0 Å². The Bertz CT molecular complexity index is 6700. The molecule has 1 unspecified atom stereocenters. The average molecular weight is 1510 g/mol. The van der Waals surface area contributed by atoms with Crippen LogP contribution in [0.4, 0.5) is 34.9 Å². The lowest BCUT2D eigenvalue weighted by Crippen LogP contribution is -2.19. The van der Waals surface area contributed by atoms with Crippen molar-refractivity contribution in [2.75, 3.05) is 87.4 Å². The topological polar surface area (TPSA) is 317 Å². The van der Waals surface area contributed by atoms with Crippen molar-refractivity contribution in [1.29, 1.82) is 0 Å². The summed E-state index contributed by atoms with van der Waals surface area (Å²) in [5, 5.41) is 53.0. The van der Waals surface area contributed by atoms with Crippen molar-refractivity contribution in [3.05, 3.63) is 217 Å². The fraction of sp³-hybridized carbons (Fsp3) is 0.233. The number of aryl methyl sites for hydroxylation is 8. The zero-order valence-electron chi connectivity index (χ0n) is 65.8. The molecule has 0 bridgehead atoms. The summed E-state index contributed by atoms with van der Waals surface area (Å²) in [6, 6.07) is 55.2. The van der Waals surface area contributed by atoms with Crippen LogP contribution in [0.15, 0.2) is 183 Å². The van der Waals surface area contributed by atoms with Gasteiger partial charge in [-0.1, -0.05) is 126 Å². The van der Waals surface area contributed by atoms with E-state index in [1.807, 2.05) is 175 Å². The van der Waals surface area contributed by atoms with Crippen molar-refractivity contribution in [2.45, 2.75) is 60.4 Å². The Morgan fingerprint density at radius 2 is 0.690 bits per heavy atom. The summed E-state index contributed by atoms with van der Waals surface area (Å²) >= 11 is 0. The fourth-order valence-corrected chi connectivity index (χ4v) is 14.5. The number of aliphatic hydroxyl groups excluding tert-OH is 3. The molecule has 0 fully saturated rings. The van der Waals surface area contributed by atoms with Gasteiger partial charge >= 0.3 is 0 Å². The lowest BCUT2D eigenvalue weighted by molar-refractivity contribution is 0.0821. The Morgan fingerprint density at radius 1 is 0.345 bits per heavy atom. The van der Waals surface area contributed by atoms with E-state index in [0.29, 0.717) is 18.9 Å². The first-order chi connectivity index (χ1) is 54.9. The van der Waals surface area contributed by atoms with E-state index in [1.165, 1.54) is 16.7 Å². The first-order valence-corrected chi connectivity index (χ1v) is 37.3. The standard InChI is InChI=1S/C19H18N4.C14H16N4O2.C14H16N4.C13H14N4O.2C13H14N4/c1-13-21-17-18(23(13)12-14-8-4-3-5-9-14)15-10-6-7-11-16(15)22-19(17)20-2;1-15-14-12-13(10-4-2-3-5-11(10)17-14)18(8-16-12)6-9(20)7-19;1-8-5-6-11-10(7-8)13-12(14(15-3)17-11)16-9(2)18(13)4;1-14-13-11-12(17(6-7-18)8-15-11)9-4-2-3-5-10(9)16-13;1-8-4-5-10-9(6-8)12-11(13(14-2)16-10)15-7-17(12)3;1-8-15-11-12(17(8)3)9-6-4-5-7-10(9)16-13(11)14-2/h3-11H,12H2,1-2H3,(H,20,22);2-5,8-9,19-20H,6-7H2,1H3,(H,15,17);5-7H,1-4H3,(H,15,17);2-5,8,18H,6-7H2,1H3,(H,14,16);2*4-7H,1-3H3,(H,14,16). The molecule has 113 heavy (non-hydrogen) atoms. The lowest BCUT2D eigenvalue weighted by Gasteiger charge is -2.11. The average Bonchev–Trinajstić information content (AvgIpc) is 1.63. The summed E-state index contributed by atoms with van der Waals surface area (Å²) in [5.74, 6) is 7.79. The van der Waals surface area contributed by atoms with Crippen molar-refractivity contribution in [3.63, 3.8) is 0 Å². The minimum absolute atomic E-state index is 0.0942. The molecule has 27 nitrogen and oxygen atoms in total. The lowest BCUT2D eigenvalue weighted by atomic mass is 10.1. The number of hydrogen-bond donors (Lipinski definition) is 9. The van der Waals surface area contributed by atoms with Crippen LogP contribution in [0, 0.1) is 34.6 Å². The zero-order valence-corrected chi connectivity index (χ0v) is 65.8. The van der Waals surface area contributed by atoms with E-state index in [0.717, 1.165) is 185 Å². The summed E-state index contributed by atoms with van der Waals surface area (Å²) < 4.78 is 12.4. The highest BCUT2D eigenvalue weighted by Gasteiger charge is 2.21. The van der Waals surface area contributed by atoms with Gasteiger partial charge < -0.3 is 74.6 Å². The number of nitrogens with zero attached hydrogens (tertiary/aromatic N) is 18. The monoisotopic (exact) mass is 1510 g/mol. The van der Waals surface area contributed by atoms with Crippen molar-refractivity contribution >= 4 is 167 Å².